The summed E-state index contributed by atoms with van der Waals surface area (Å²) in [5, 5.41) is 0.691. The van der Waals surface area contributed by atoms with E-state index in [9.17, 15) is 0 Å². The fourth-order valence-corrected chi connectivity index (χ4v) is 2.06. The zero-order chi connectivity index (χ0) is 14.4. The van der Waals surface area contributed by atoms with E-state index in [1.807, 2.05) is 61.5 Å². The van der Waals surface area contributed by atoms with Gasteiger partial charge in [-0.05, 0) is 60.5 Å². The summed E-state index contributed by atoms with van der Waals surface area (Å²) in [4.78, 5) is 0. The zero-order valence-corrected chi connectivity index (χ0v) is 12.4. The number of rotatable bonds is 5. The van der Waals surface area contributed by atoms with Crippen molar-refractivity contribution < 1.29 is 9.47 Å². The first-order chi connectivity index (χ1) is 9.72. The van der Waals surface area contributed by atoms with E-state index in [0.717, 1.165) is 22.6 Å². The Hall–Kier alpha value is -1.93. The van der Waals surface area contributed by atoms with Crippen LogP contribution in [0.25, 0.3) is 11.1 Å². The Morgan fingerprint density at radius 3 is 2.15 bits per heavy atom. The fourth-order valence-electron chi connectivity index (χ4n) is 1.81. The summed E-state index contributed by atoms with van der Waals surface area (Å²) < 4.78 is 10.5. The topological polar surface area (TPSA) is 18.5 Å². The van der Waals surface area contributed by atoms with Crippen molar-refractivity contribution in [3.8, 4) is 11.5 Å². The summed E-state index contributed by atoms with van der Waals surface area (Å²) >= 11 is 6.33. The van der Waals surface area contributed by atoms with Crippen molar-refractivity contribution in [2.24, 2.45) is 0 Å². The minimum absolute atomic E-state index is 0.668. The summed E-state index contributed by atoms with van der Waals surface area (Å²) in [6.07, 6.45) is 1.93. The summed E-state index contributed by atoms with van der Waals surface area (Å²) in [6, 6.07) is 15.5. The van der Waals surface area contributed by atoms with Gasteiger partial charge in [-0.3, -0.25) is 0 Å². The van der Waals surface area contributed by atoms with Gasteiger partial charge in [-0.25, -0.2) is 0 Å². The molecule has 0 radical (unpaired) electrons. The summed E-state index contributed by atoms with van der Waals surface area (Å²) in [6.45, 7) is 2.64. The molecule has 0 aliphatic heterocycles. The molecule has 0 spiro atoms. The van der Waals surface area contributed by atoms with Gasteiger partial charge < -0.3 is 9.47 Å². The Bertz CT molecular complexity index is 571. The number of benzene rings is 2. The number of hydrogen-bond donors (Lipinski definition) is 0. The predicted molar refractivity (Wildman–Crippen MR) is 84.3 cm³/mol. The Labute approximate surface area is 124 Å². The molecule has 104 valence electrons. The molecule has 2 rings (SSSR count). The Kier molecular flexibility index (Phi) is 5.08. The molecular formula is C17H17ClO2. The van der Waals surface area contributed by atoms with E-state index in [4.69, 9.17) is 21.1 Å². The molecule has 3 heteroatoms. The van der Waals surface area contributed by atoms with Crippen LogP contribution >= 0.6 is 11.6 Å². The molecule has 0 bridgehead atoms. The Morgan fingerprint density at radius 2 is 1.60 bits per heavy atom. The second kappa shape index (κ2) is 7.01. The van der Waals surface area contributed by atoms with Crippen molar-refractivity contribution >= 4 is 22.7 Å². The molecule has 0 atom stereocenters. The maximum Gasteiger partial charge on any atom is 0.119 e. The van der Waals surface area contributed by atoms with Gasteiger partial charge in [0.2, 0.25) is 0 Å². The zero-order valence-electron chi connectivity index (χ0n) is 11.6. The van der Waals surface area contributed by atoms with Crippen LogP contribution in [0.3, 0.4) is 0 Å². The normalized spacial score (nSPS) is 11.2. The van der Waals surface area contributed by atoms with Gasteiger partial charge in [-0.1, -0.05) is 23.7 Å². The molecular weight excluding hydrogens is 272 g/mol. The first-order valence-corrected chi connectivity index (χ1v) is 6.85. The second-order valence-electron chi connectivity index (χ2n) is 4.22. The molecule has 0 aromatic heterocycles. The van der Waals surface area contributed by atoms with Crippen LogP contribution in [-0.4, -0.2) is 13.7 Å². The average molecular weight is 289 g/mol. The van der Waals surface area contributed by atoms with Crippen LogP contribution in [0, 0.1) is 0 Å². The third-order valence-electron chi connectivity index (χ3n) is 2.85. The van der Waals surface area contributed by atoms with E-state index >= 15 is 0 Å². The summed E-state index contributed by atoms with van der Waals surface area (Å²) in [5.41, 5.74) is 2.00. The molecule has 0 saturated carbocycles. The van der Waals surface area contributed by atoms with Gasteiger partial charge in [0.1, 0.15) is 11.5 Å². The predicted octanol–water partition coefficient (Wildman–Crippen LogP) is 4.83. The summed E-state index contributed by atoms with van der Waals surface area (Å²) in [7, 11) is 1.65. The third-order valence-corrected chi connectivity index (χ3v) is 3.18. The van der Waals surface area contributed by atoms with Gasteiger partial charge >= 0.3 is 0 Å². The van der Waals surface area contributed by atoms with Crippen LogP contribution in [0.1, 0.15) is 18.1 Å². The lowest BCUT2D eigenvalue weighted by molar-refractivity contribution is 0.340. The van der Waals surface area contributed by atoms with E-state index < -0.39 is 0 Å². The van der Waals surface area contributed by atoms with Crippen LogP contribution in [0.5, 0.6) is 11.5 Å². The van der Waals surface area contributed by atoms with Crippen molar-refractivity contribution in [2.45, 2.75) is 6.92 Å². The monoisotopic (exact) mass is 288 g/mol. The Balaban J connectivity index is 2.15. The van der Waals surface area contributed by atoms with E-state index in [2.05, 4.69) is 0 Å². The van der Waals surface area contributed by atoms with E-state index in [-0.39, 0.29) is 0 Å². The molecule has 0 aliphatic rings. The average Bonchev–Trinajstić information content (AvgIpc) is 2.49. The number of hydrogen-bond acceptors (Lipinski definition) is 2. The van der Waals surface area contributed by atoms with Crippen molar-refractivity contribution in [1.82, 2.24) is 0 Å². The van der Waals surface area contributed by atoms with Crippen molar-refractivity contribution in [3.63, 3.8) is 0 Å². The molecule has 0 unspecified atom stereocenters. The minimum atomic E-state index is 0.668. The van der Waals surface area contributed by atoms with Gasteiger partial charge in [0.05, 0.1) is 13.7 Å². The first-order valence-electron chi connectivity index (χ1n) is 6.47. The lowest BCUT2D eigenvalue weighted by Gasteiger charge is -2.04. The highest BCUT2D eigenvalue weighted by Gasteiger charge is 2.00. The van der Waals surface area contributed by atoms with Gasteiger partial charge in [0.25, 0.3) is 0 Å². The second-order valence-corrected chi connectivity index (χ2v) is 4.63. The quantitative estimate of drug-likeness (QED) is 0.734. The van der Waals surface area contributed by atoms with Gasteiger partial charge in [0, 0.05) is 5.03 Å². The first kappa shape index (κ1) is 14.5. The van der Waals surface area contributed by atoms with Crippen molar-refractivity contribution in [2.75, 3.05) is 13.7 Å². The van der Waals surface area contributed by atoms with Crippen molar-refractivity contribution in [1.29, 1.82) is 0 Å². The highest BCUT2D eigenvalue weighted by atomic mass is 35.5. The molecule has 2 aromatic rings. The molecule has 0 saturated heterocycles. The number of ether oxygens (including phenoxy) is 2. The standard InChI is InChI=1S/C17H17ClO2/c1-3-20-16-8-4-13(5-9-16)12-17(18)14-6-10-15(19-2)11-7-14/h4-12H,3H2,1-2H3/b17-12-. The maximum atomic E-state index is 6.33. The van der Waals surface area contributed by atoms with Crippen LogP contribution in [-0.2, 0) is 0 Å². The van der Waals surface area contributed by atoms with Crippen LogP contribution in [0.2, 0.25) is 0 Å². The van der Waals surface area contributed by atoms with Crippen LogP contribution in [0.15, 0.2) is 48.5 Å². The Morgan fingerprint density at radius 1 is 1.00 bits per heavy atom. The SMILES string of the molecule is CCOc1ccc(/C=C(\Cl)c2ccc(OC)cc2)cc1. The smallest absolute Gasteiger partial charge is 0.119 e. The molecule has 0 amide bonds. The highest BCUT2D eigenvalue weighted by molar-refractivity contribution is 6.51. The maximum absolute atomic E-state index is 6.33. The van der Waals surface area contributed by atoms with Gasteiger partial charge in [-0.2, -0.15) is 0 Å². The molecule has 0 heterocycles. The lowest BCUT2D eigenvalue weighted by atomic mass is 10.1. The van der Waals surface area contributed by atoms with E-state index in [1.165, 1.54) is 0 Å². The molecule has 0 aliphatic carbocycles. The molecule has 0 N–H and O–H groups in total. The molecule has 0 fully saturated rings. The van der Waals surface area contributed by atoms with Gasteiger partial charge in [0.15, 0.2) is 0 Å². The molecule has 20 heavy (non-hydrogen) atoms. The van der Waals surface area contributed by atoms with Gasteiger partial charge in [-0.15, -0.1) is 0 Å². The number of halogens is 1. The fraction of sp³-hybridized carbons (Fsp3) is 0.176. The minimum Gasteiger partial charge on any atom is -0.497 e. The molecule has 2 nitrogen and oxygen atoms in total. The van der Waals surface area contributed by atoms with Crippen LogP contribution in [0.4, 0.5) is 0 Å². The molecule has 2 aromatic carbocycles. The third kappa shape index (κ3) is 3.78. The van der Waals surface area contributed by atoms with Crippen molar-refractivity contribution in [3.05, 3.63) is 59.7 Å². The van der Waals surface area contributed by atoms with Crippen LogP contribution < -0.4 is 9.47 Å². The largest absolute Gasteiger partial charge is 0.497 e. The van der Waals surface area contributed by atoms with E-state index in [1.54, 1.807) is 7.11 Å². The number of methoxy groups -OCH3 is 1. The van der Waals surface area contributed by atoms with E-state index in [0.29, 0.717) is 11.6 Å². The lowest BCUT2D eigenvalue weighted by Crippen LogP contribution is -1.90. The highest BCUT2D eigenvalue weighted by Crippen LogP contribution is 2.25. The summed E-state index contributed by atoms with van der Waals surface area (Å²) in [5.74, 6) is 1.68.